The molecule has 1 aliphatic heterocycles. The number of carbonyl (C=O) groups is 1. The molecule has 0 bridgehead atoms. The van der Waals surface area contributed by atoms with Gasteiger partial charge in [0.15, 0.2) is 0 Å². The molecule has 1 aromatic carbocycles. The molecule has 0 aliphatic carbocycles. The van der Waals surface area contributed by atoms with E-state index < -0.39 is 0 Å². The highest BCUT2D eigenvalue weighted by Crippen LogP contribution is 2.36. The summed E-state index contributed by atoms with van der Waals surface area (Å²) in [5.41, 5.74) is 2.20. The van der Waals surface area contributed by atoms with Gasteiger partial charge < -0.3 is 4.90 Å². The van der Waals surface area contributed by atoms with Crippen molar-refractivity contribution in [1.29, 1.82) is 0 Å². The lowest BCUT2D eigenvalue weighted by atomic mass is 10.2. The summed E-state index contributed by atoms with van der Waals surface area (Å²) < 4.78 is 0.999. The zero-order valence-corrected chi connectivity index (χ0v) is 10.7. The quantitative estimate of drug-likeness (QED) is 0.806. The molecule has 1 heterocycles. The van der Waals surface area contributed by atoms with Crippen molar-refractivity contribution in [3.8, 4) is 0 Å². The van der Waals surface area contributed by atoms with E-state index in [1.54, 1.807) is 11.8 Å². The molecule has 0 unspecified atom stereocenters. The van der Waals surface area contributed by atoms with Gasteiger partial charge in [-0.25, -0.2) is 0 Å². The summed E-state index contributed by atoms with van der Waals surface area (Å²) in [4.78, 5) is 14.1. The molecule has 0 fully saturated rings. The van der Waals surface area contributed by atoms with Crippen LogP contribution in [0.2, 0.25) is 0 Å². The number of hydrogen-bond donors (Lipinski definition) is 1. The third kappa shape index (κ3) is 1.91. The third-order valence-electron chi connectivity index (χ3n) is 2.54. The maximum absolute atomic E-state index is 11.4. The van der Waals surface area contributed by atoms with Gasteiger partial charge in [-0.15, -0.1) is 0 Å². The minimum atomic E-state index is 0.0871. The van der Waals surface area contributed by atoms with E-state index in [4.69, 9.17) is 5.14 Å². The molecular weight excluding hydrogens is 276 g/mol. The van der Waals surface area contributed by atoms with E-state index in [0.717, 1.165) is 28.0 Å². The molecule has 0 atom stereocenters. The van der Waals surface area contributed by atoms with Crippen molar-refractivity contribution in [3.05, 3.63) is 22.2 Å². The van der Waals surface area contributed by atoms with Crippen LogP contribution in [0.3, 0.4) is 0 Å². The fourth-order valence-corrected chi connectivity index (χ4v) is 2.83. The number of rotatable bonds is 1. The zero-order chi connectivity index (χ0) is 11.0. The van der Waals surface area contributed by atoms with Crippen LogP contribution < -0.4 is 10.0 Å². The zero-order valence-electron chi connectivity index (χ0n) is 8.29. The van der Waals surface area contributed by atoms with Gasteiger partial charge >= 0.3 is 0 Å². The molecule has 1 aliphatic rings. The van der Waals surface area contributed by atoms with Crippen LogP contribution in [0.25, 0.3) is 0 Å². The summed E-state index contributed by atoms with van der Waals surface area (Å²) in [7, 11) is 0. The van der Waals surface area contributed by atoms with Gasteiger partial charge in [0.05, 0.1) is 0 Å². The second kappa shape index (κ2) is 4.15. The van der Waals surface area contributed by atoms with Gasteiger partial charge in [0.2, 0.25) is 5.91 Å². The third-order valence-corrected chi connectivity index (χ3v) is 4.05. The first-order chi connectivity index (χ1) is 7.13. The van der Waals surface area contributed by atoms with Crippen molar-refractivity contribution >= 4 is 39.5 Å². The second-order valence-corrected chi connectivity index (χ2v) is 4.98. The van der Waals surface area contributed by atoms with Gasteiger partial charge in [0, 0.05) is 28.5 Å². The van der Waals surface area contributed by atoms with Gasteiger partial charge in [-0.3, -0.25) is 9.93 Å². The predicted molar refractivity (Wildman–Crippen MR) is 65.9 cm³/mol. The highest BCUT2D eigenvalue weighted by molar-refractivity contribution is 9.10. The van der Waals surface area contributed by atoms with Crippen molar-refractivity contribution in [2.75, 3.05) is 11.4 Å². The minimum Gasteiger partial charge on any atom is -0.312 e. The highest BCUT2D eigenvalue weighted by atomic mass is 79.9. The van der Waals surface area contributed by atoms with Gasteiger partial charge in [0.1, 0.15) is 0 Å². The molecule has 0 spiro atoms. The molecule has 15 heavy (non-hydrogen) atoms. The SMILES string of the molecule is CC(=O)N1CCc2cc(Br)c(SN)cc21. The first-order valence-electron chi connectivity index (χ1n) is 4.60. The Balaban J connectivity index is 2.48. The van der Waals surface area contributed by atoms with Crippen LogP contribution >= 0.6 is 27.9 Å². The summed E-state index contributed by atoms with van der Waals surface area (Å²) >= 11 is 4.65. The first kappa shape index (κ1) is 11.0. The van der Waals surface area contributed by atoms with E-state index in [9.17, 15) is 4.79 Å². The molecule has 80 valence electrons. The number of carbonyl (C=O) groups excluding carboxylic acids is 1. The molecule has 2 rings (SSSR count). The summed E-state index contributed by atoms with van der Waals surface area (Å²) in [5.74, 6) is 0.0871. The number of benzene rings is 1. The topological polar surface area (TPSA) is 46.3 Å². The Morgan fingerprint density at radius 3 is 2.93 bits per heavy atom. The van der Waals surface area contributed by atoms with Crippen LogP contribution in [-0.2, 0) is 11.2 Å². The van der Waals surface area contributed by atoms with Gasteiger partial charge in [-0.05, 0) is 52.0 Å². The van der Waals surface area contributed by atoms with Crippen molar-refractivity contribution in [2.45, 2.75) is 18.2 Å². The Morgan fingerprint density at radius 1 is 1.60 bits per heavy atom. The lowest BCUT2D eigenvalue weighted by molar-refractivity contribution is -0.116. The van der Waals surface area contributed by atoms with E-state index in [1.807, 2.05) is 12.1 Å². The maximum Gasteiger partial charge on any atom is 0.223 e. The van der Waals surface area contributed by atoms with E-state index in [2.05, 4.69) is 15.9 Å². The molecule has 1 amide bonds. The number of nitrogens with zero attached hydrogens (tertiary/aromatic N) is 1. The van der Waals surface area contributed by atoms with Crippen molar-refractivity contribution < 1.29 is 4.79 Å². The van der Waals surface area contributed by atoms with Crippen molar-refractivity contribution in [2.24, 2.45) is 5.14 Å². The lowest BCUT2D eigenvalue weighted by Crippen LogP contribution is -2.25. The number of hydrogen-bond acceptors (Lipinski definition) is 3. The normalized spacial score (nSPS) is 14.2. The van der Waals surface area contributed by atoms with E-state index in [-0.39, 0.29) is 5.91 Å². The second-order valence-electron chi connectivity index (χ2n) is 3.45. The largest absolute Gasteiger partial charge is 0.312 e. The van der Waals surface area contributed by atoms with Crippen LogP contribution in [0.15, 0.2) is 21.5 Å². The molecule has 2 N–H and O–H groups in total. The highest BCUT2D eigenvalue weighted by Gasteiger charge is 2.23. The van der Waals surface area contributed by atoms with E-state index >= 15 is 0 Å². The fraction of sp³-hybridized carbons (Fsp3) is 0.300. The summed E-state index contributed by atoms with van der Waals surface area (Å²) in [6, 6.07) is 4.02. The van der Waals surface area contributed by atoms with Crippen LogP contribution in [0.5, 0.6) is 0 Å². The Morgan fingerprint density at radius 2 is 2.33 bits per heavy atom. The molecule has 0 radical (unpaired) electrons. The van der Waals surface area contributed by atoms with Crippen LogP contribution in [-0.4, -0.2) is 12.5 Å². The molecule has 0 saturated heterocycles. The number of fused-ring (bicyclic) bond motifs is 1. The Kier molecular flexibility index (Phi) is 3.04. The number of anilines is 1. The smallest absolute Gasteiger partial charge is 0.223 e. The fourth-order valence-electron chi connectivity index (χ4n) is 1.81. The summed E-state index contributed by atoms with van der Waals surface area (Å²) in [6.45, 7) is 2.36. The summed E-state index contributed by atoms with van der Waals surface area (Å²) in [6.07, 6.45) is 0.920. The van der Waals surface area contributed by atoms with Crippen LogP contribution in [0.4, 0.5) is 5.69 Å². The van der Waals surface area contributed by atoms with Gasteiger partial charge in [-0.1, -0.05) is 0 Å². The number of halogens is 1. The average Bonchev–Trinajstić information content (AvgIpc) is 2.59. The molecule has 3 nitrogen and oxygen atoms in total. The molecular formula is C10H11BrN2OS. The Hall–Kier alpha value is -0.520. The molecule has 0 aromatic heterocycles. The first-order valence-corrected chi connectivity index (χ1v) is 6.28. The average molecular weight is 287 g/mol. The predicted octanol–water partition coefficient (Wildman–Crippen LogP) is 2.32. The standard InChI is InChI=1S/C10H11BrN2OS/c1-6(14)13-3-2-7-4-8(11)10(15-12)5-9(7)13/h4-5H,2-3,12H2,1H3. The molecule has 5 heteroatoms. The summed E-state index contributed by atoms with van der Waals surface area (Å²) in [5, 5.41) is 5.55. The van der Waals surface area contributed by atoms with Gasteiger partial charge in [0.25, 0.3) is 0 Å². The van der Waals surface area contributed by atoms with Crippen LogP contribution in [0, 0.1) is 0 Å². The number of nitrogens with two attached hydrogens (primary N) is 1. The van der Waals surface area contributed by atoms with Crippen LogP contribution in [0.1, 0.15) is 12.5 Å². The minimum absolute atomic E-state index is 0.0871. The Labute approximate surface area is 101 Å². The van der Waals surface area contributed by atoms with Crippen molar-refractivity contribution in [3.63, 3.8) is 0 Å². The van der Waals surface area contributed by atoms with Crippen molar-refractivity contribution in [1.82, 2.24) is 0 Å². The lowest BCUT2D eigenvalue weighted by Gasteiger charge is -2.15. The molecule has 1 aromatic rings. The Bertz CT molecular complexity index is 422. The monoisotopic (exact) mass is 286 g/mol. The molecule has 0 saturated carbocycles. The maximum atomic E-state index is 11.4. The number of amides is 1. The van der Waals surface area contributed by atoms with E-state index in [0.29, 0.717) is 0 Å². The van der Waals surface area contributed by atoms with Gasteiger partial charge in [-0.2, -0.15) is 0 Å². The van der Waals surface area contributed by atoms with E-state index in [1.165, 1.54) is 17.5 Å².